The third-order valence-electron chi connectivity index (χ3n) is 4.55. The van der Waals surface area contributed by atoms with E-state index in [2.05, 4.69) is 0 Å². The van der Waals surface area contributed by atoms with Crippen molar-refractivity contribution in [1.29, 1.82) is 0 Å². The Hall–Kier alpha value is -2.86. The van der Waals surface area contributed by atoms with E-state index in [0.717, 1.165) is 11.1 Å². The lowest BCUT2D eigenvalue weighted by Crippen LogP contribution is -2.46. The summed E-state index contributed by atoms with van der Waals surface area (Å²) in [6, 6.07) is 18.0. The lowest BCUT2D eigenvalue weighted by molar-refractivity contribution is -0.153. The second-order valence-corrected chi connectivity index (χ2v) is 6.33. The minimum atomic E-state index is -0.804. The maximum Gasteiger partial charge on any atom is 0.410 e. The lowest BCUT2D eigenvalue weighted by Gasteiger charge is -2.25. The summed E-state index contributed by atoms with van der Waals surface area (Å²) in [6.45, 7) is 0.691. The fourth-order valence-corrected chi connectivity index (χ4v) is 3.11. The maximum absolute atomic E-state index is 12.6. The second-order valence-electron chi connectivity index (χ2n) is 6.33. The standard InChI is InChI=1S/C21H23NO5/c1-25-18-12-13-22(21(24)27-15-17-10-6-3-7-11-17)19(18)20(23)26-14-16-8-4-2-5-9-16/h2-11,18-19H,12-15H2,1H3/t18-,19+/m1/s1. The Bertz CT molecular complexity index is 750. The monoisotopic (exact) mass is 369 g/mol. The number of amides is 1. The van der Waals surface area contributed by atoms with Gasteiger partial charge in [-0.2, -0.15) is 0 Å². The Morgan fingerprint density at radius 2 is 1.48 bits per heavy atom. The molecule has 27 heavy (non-hydrogen) atoms. The fourth-order valence-electron chi connectivity index (χ4n) is 3.11. The first-order chi connectivity index (χ1) is 13.2. The predicted molar refractivity (Wildman–Crippen MR) is 98.8 cm³/mol. The van der Waals surface area contributed by atoms with Crippen molar-refractivity contribution >= 4 is 12.1 Å². The average Bonchev–Trinajstić information content (AvgIpc) is 3.16. The van der Waals surface area contributed by atoms with Gasteiger partial charge in [-0.3, -0.25) is 4.90 Å². The highest BCUT2D eigenvalue weighted by Crippen LogP contribution is 2.23. The van der Waals surface area contributed by atoms with Gasteiger partial charge in [0.15, 0.2) is 6.04 Å². The first-order valence-electron chi connectivity index (χ1n) is 8.89. The molecule has 142 valence electrons. The summed E-state index contributed by atoms with van der Waals surface area (Å²) in [6.07, 6.45) is -0.389. The van der Waals surface area contributed by atoms with Gasteiger partial charge in [-0.25, -0.2) is 9.59 Å². The van der Waals surface area contributed by atoms with Crippen LogP contribution in [0.4, 0.5) is 4.79 Å². The molecule has 3 rings (SSSR count). The molecule has 1 aliphatic heterocycles. The van der Waals surface area contributed by atoms with E-state index in [1.54, 1.807) is 0 Å². The highest BCUT2D eigenvalue weighted by atomic mass is 16.6. The minimum absolute atomic E-state index is 0.152. The molecule has 1 fully saturated rings. The Morgan fingerprint density at radius 3 is 2.04 bits per heavy atom. The average molecular weight is 369 g/mol. The van der Waals surface area contributed by atoms with E-state index in [9.17, 15) is 9.59 Å². The van der Waals surface area contributed by atoms with Gasteiger partial charge in [0.2, 0.25) is 0 Å². The number of hydrogen-bond acceptors (Lipinski definition) is 5. The molecule has 2 aromatic carbocycles. The fraction of sp³-hybridized carbons (Fsp3) is 0.333. The van der Waals surface area contributed by atoms with Crippen LogP contribution < -0.4 is 0 Å². The van der Waals surface area contributed by atoms with Crippen LogP contribution in [-0.2, 0) is 32.2 Å². The zero-order valence-electron chi connectivity index (χ0n) is 15.2. The Balaban J connectivity index is 1.61. The van der Waals surface area contributed by atoms with E-state index in [-0.39, 0.29) is 13.2 Å². The summed E-state index contributed by atoms with van der Waals surface area (Å²) in [5.41, 5.74) is 1.77. The number of carbonyl (C=O) groups is 2. The molecule has 6 heteroatoms. The minimum Gasteiger partial charge on any atom is -0.459 e. The van der Waals surface area contributed by atoms with Gasteiger partial charge >= 0.3 is 12.1 Å². The quantitative estimate of drug-likeness (QED) is 0.732. The molecule has 0 unspecified atom stereocenters. The highest BCUT2D eigenvalue weighted by Gasteiger charge is 2.44. The molecule has 0 N–H and O–H groups in total. The number of nitrogens with zero attached hydrogens (tertiary/aromatic N) is 1. The predicted octanol–water partition coefficient (Wildman–Crippen LogP) is 3.16. The molecular weight excluding hydrogens is 346 g/mol. The molecule has 2 atom stereocenters. The Morgan fingerprint density at radius 1 is 0.926 bits per heavy atom. The van der Waals surface area contributed by atoms with E-state index >= 15 is 0 Å². The largest absolute Gasteiger partial charge is 0.459 e. The van der Waals surface area contributed by atoms with Crippen molar-refractivity contribution in [3.63, 3.8) is 0 Å². The molecule has 2 aromatic rings. The van der Waals surface area contributed by atoms with Crippen LogP contribution in [0.15, 0.2) is 60.7 Å². The number of carbonyl (C=O) groups excluding carboxylic acids is 2. The molecule has 0 spiro atoms. The van der Waals surface area contributed by atoms with Crippen molar-refractivity contribution in [3.05, 3.63) is 71.8 Å². The van der Waals surface area contributed by atoms with Crippen LogP contribution in [0.3, 0.4) is 0 Å². The van der Waals surface area contributed by atoms with Crippen molar-refractivity contribution in [2.75, 3.05) is 13.7 Å². The second kappa shape index (κ2) is 9.19. The van der Waals surface area contributed by atoms with Gasteiger partial charge in [0.05, 0.1) is 6.10 Å². The van der Waals surface area contributed by atoms with Gasteiger partial charge < -0.3 is 14.2 Å². The van der Waals surface area contributed by atoms with Gasteiger partial charge in [0.25, 0.3) is 0 Å². The number of rotatable bonds is 6. The van der Waals surface area contributed by atoms with Crippen LogP contribution in [0.2, 0.25) is 0 Å². The van der Waals surface area contributed by atoms with Crippen LogP contribution in [-0.4, -0.2) is 42.8 Å². The Labute approximate surface area is 158 Å². The van der Waals surface area contributed by atoms with E-state index in [1.807, 2.05) is 60.7 Å². The molecule has 1 aliphatic rings. The van der Waals surface area contributed by atoms with Gasteiger partial charge in [0, 0.05) is 13.7 Å². The molecule has 1 heterocycles. The number of ether oxygens (including phenoxy) is 3. The summed E-state index contributed by atoms with van der Waals surface area (Å²) in [5.74, 6) is -0.486. The highest BCUT2D eigenvalue weighted by molar-refractivity contribution is 5.83. The lowest BCUT2D eigenvalue weighted by atomic mass is 10.1. The SMILES string of the molecule is CO[C@@H]1CCN(C(=O)OCc2ccccc2)[C@@H]1C(=O)OCc1ccccc1. The molecule has 0 saturated carbocycles. The summed E-state index contributed by atoms with van der Waals surface area (Å²) < 4.78 is 16.2. The van der Waals surface area contributed by atoms with Crippen LogP contribution >= 0.6 is 0 Å². The van der Waals surface area contributed by atoms with Crippen LogP contribution in [0.1, 0.15) is 17.5 Å². The summed E-state index contributed by atoms with van der Waals surface area (Å²) >= 11 is 0. The molecule has 1 saturated heterocycles. The molecule has 0 aliphatic carbocycles. The zero-order chi connectivity index (χ0) is 19.1. The van der Waals surface area contributed by atoms with E-state index < -0.39 is 24.2 Å². The van der Waals surface area contributed by atoms with Gasteiger partial charge in [0.1, 0.15) is 13.2 Å². The maximum atomic E-state index is 12.6. The smallest absolute Gasteiger partial charge is 0.410 e. The van der Waals surface area contributed by atoms with Gasteiger partial charge in [-0.1, -0.05) is 60.7 Å². The normalized spacial score (nSPS) is 18.9. The zero-order valence-corrected chi connectivity index (χ0v) is 15.2. The first kappa shape index (κ1) is 18.9. The molecule has 0 aromatic heterocycles. The third kappa shape index (κ3) is 4.86. The number of methoxy groups -OCH3 is 1. The summed E-state index contributed by atoms with van der Waals surface area (Å²) in [5, 5.41) is 0. The van der Waals surface area contributed by atoms with Crippen LogP contribution in [0.25, 0.3) is 0 Å². The first-order valence-corrected chi connectivity index (χ1v) is 8.89. The van der Waals surface area contributed by atoms with Crippen molar-refractivity contribution in [1.82, 2.24) is 4.90 Å². The molecule has 0 bridgehead atoms. The number of hydrogen-bond donors (Lipinski definition) is 0. The van der Waals surface area contributed by atoms with Crippen molar-refractivity contribution < 1.29 is 23.8 Å². The molecule has 0 radical (unpaired) electrons. The van der Waals surface area contributed by atoms with Crippen LogP contribution in [0, 0.1) is 0 Å². The third-order valence-corrected chi connectivity index (χ3v) is 4.55. The van der Waals surface area contributed by atoms with Crippen molar-refractivity contribution in [3.8, 4) is 0 Å². The summed E-state index contributed by atoms with van der Waals surface area (Å²) in [4.78, 5) is 26.5. The molecular formula is C21H23NO5. The van der Waals surface area contributed by atoms with Crippen LogP contribution in [0.5, 0.6) is 0 Å². The van der Waals surface area contributed by atoms with Gasteiger partial charge in [-0.15, -0.1) is 0 Å². The van der Waals surface area contributed by atoms with E-state index in [0.29, 0.717) is 13.0 Å². The molecule has 6 nitrogen and oxygen atoms in total. The Kier molecular flexibility index (Phi) is 6.44. The molecule has 1 amide bonds. The van der Waals surface area contributed by atoms with E-state index in [1.165, 1.54) is 12.0 Å². The number of esters is 1. The van der Waals surface area contributed by atoms with Crippen molar-refractivity contribution in [2.24, 2.45) is 0 Å². The number of benzene rings is 2. The van der Waals surface area contributed by atoms with Gasteiger partial charge in [-0.05, 0) is 17.5 Å². The van der Waals surface area contributed by atoms with Crippen molar-refractivity contribution in [2.45, 2.75) is 31.8 Å². The van der Waals surface area contributed by atoms with E-state index in [4.69, 9.17) is 14.2 Å². The number of likely N-dealkylation sites (tertiary alicyclic amines) is 1. The summed E-state index contributed by atoms with van der Waals surface area (Å²) in [7, 11) is 1.53. The topological polar surface area (TPSA) is 65.1 Å².